The molecule has 0 aromatic heterocycles. The Morgan fingerprint density at radius 2 is 2.43 bits per heavy atom. The Bertz CT molecular complexity index is 376. The molecule has 1 atom stereocenters. The van der Waals surface area contributed by atoms with Crippen LogP contribution >= 0.6 is 0 Å². The Hall–Kier alpha value is -1.46. The molecular weight excluding hydrogens is 172 g/mol. The lowest BCUT2D eigenvalue weighted by Gasteiger charge is -2.11. The first-order valence-corrected chi connectivity index (χ1v) is 4.86. The fourth-order valence-electron chi connectivity index (χ4n) is 2.01. The average molecular weight is 186 g/mol. The zero-order valence-electron chi connectivity index (χ0n) is 8.09. The maximum Gasteiger partial charge on any atom is 0.0578 e. The van der Waals surface area contributed by atoms with Crippen LogP contribution in [0.15, 0.2) is 18.2 Å². The Morgan fingerprint density at radius 1 is 1.57 bits per heavy atom. The van der Waals surface area contributed by atoms with Gasteiger partial charge in [-0.3, -0.25) is 5.32 Å². The van der Waals surface area contributed by atoms with Crippen LogP contribution in [0.1, 0.15) is 23.6 Å². The summed E-state index contributed by atoms with van der Waals surface area (Å²) in [6, 6.07) is 6.52. The van der Waals surface area contributed by atoms with Gasteiger partial charge in [-0.15, -0.1) is 6.42 Å². The number of nitrogen functional groups attached to an aromatic ring is 1. The minimum Gasteiger partial charge on any atom is -0.399 e. The molecule has 0 aliphatic heterocycles. The third kappa shape index (κ3) is 1.59. The number of hydrogen-bond acceptors (Lipinski definition) is 2. The van der Waals surface area contributed by atoms with Gasteiger partial charge in [0.1, 0.15) is 0 Å². The molecule has 2 nitrogen and oxygen atoms in total. The molecule has 0 heterocycles. The van der Waals surface area contributed by atoms with Crippen LogP contribution in [0.3, 0.4) is 0 Å². The lowest BCUT2D eigenvalue weighted by molar-refractivity contribution is 0.568. The maximum absolute atomic E-state index is 5.75. The summed E-state index contributed by atoms with van der Waals surface area (Å²) in [5, 5.41) is 3.32. The highest BCUT2D eigenvalue weighted by Crippen LogP contribution is 2.32. The lowest BCUT2D eigenvalue weighted by Crippen LogP contribution is -2.19. The van der Waals surface area contributed by atoms with Crippen molar-refractivity contribution in [1.82, 2.24) is 5.32 Å². The lowest BCUT2D eigenvalue weighted by atomic mass is 10.1. The molecule has 14 heavy (non-hydrogen) atoms. The molecule has 0 fully saturated rings. The molecule has 0 unspecified atom stereocenters. The molecule has 1 aromatic carbocycles. The smallest absolute Gasteiger partial charge is 0.0578 e. The van der Waals surface area contributed by atoms with Crippen molar-refractivity contribution in [3.63, 3.8) is 0 Å². The Morgan fingerprint density at radius 3 is 3.21 bits per heavy atom. The van der Waals surface area contributed by atoms with Crippen molar-refractivity contribution in [3.8, 4) is 12.3 Å². The second-order valence-electron chi connectivity index (χ2n) is 3.63. The third-order valence-electron chi connectivity index (χ3n) is 2.70. The monoisotopic (exact) mass is 186 g/mol. The summed E-state index contributed by atoms with van der Waals surface area (Å²) >= 11 is 0. The topological polar surface area (TPSA) is 38.0 Å². The van der Waals surface area contributed by atoms with Crippen LogP contribution in [0.4, 0.5) is 5.69 Å². The maximum atomic E-state index is 5.75. The van der Waals surface area contributed by atoms with E-state index in [4.69, 9.17) is 12.2 Å². The Kier molecular flexibility index (Phi) is 2.43. The van der Waals surface area contributed by atoms with Crippen LogP contribution < -0.4 is 11.1 Å². The van der Waals surface area contributed by atoms with E-state index in [2.05, 4.69) is 23.4 Å². The van der Waals surface area contributed by atoms with E-state index in [1.807, 2.05) is 6.07 Å². The minimum atomic E-state index is 0.393. The summed E-state index contributed by atoms with van der Waals surface area (Å²) in [7, 11) is 0. The van der Waals surface area contributed by atoms with Gasteiger partial charge in [0.05, 0.1) is 6.54 Å². The van der Waals surface area contributed by atoms with Crippen molar-refractivity contribution in [1.29, 1.82) is 0 Å². The molecule has 0 saturated carbocycles. The molecule has 1 aliphatic rings. The summed E-state index contributed by atoms with van der Waals surface area (Å²) in [5.41, 5.74) is 9.30. The van der Waals surface area contributed by atoms with Crippen LogP contribution in [0, 0.1) is 12.3 Å². The van der Waals surface area contributed by atoms with E-state index >= 15 is 0 Å². The van der Waals surface area contributed by atoms with E-state index in [0.717, 1.165) is 18.5 Å². The largest absolute Gasteiger partial charge is 0.399 e. The number of fused-ring (bicyclic) bond motifs is 1. The van der Waals surface area contributed by atoms with Gasteiger partial charge in [-0.05, 0) is 36.1 Å². The van der Waals surface area contributed by atoms with Crippen LogP contribution in [0.5, 0.6) is 0 Å². The van der Waals surface area contributed by atoms with Gasteiger partial charge in [0.25, 0.3) is 0 Å². The highest BCUT2D eigenvalue weighted by Gasteiger charge is 2.21. The van der Waals surface area contributed by atoms with Crippen molar-refractivity contribution in [2.75, 3.05) is 12.3 Å². The molecule has 0 radical (unpaired) electrons. The van der Waals surface area contributed by atoms with Gasteiger partial charge in [-0.2, -0.15) is 0 Å². The molecule has 1 aromatic rings. The zero-order valence-corrected chi connectivity index (χ0v) is 8.09. The van der Waals surface area contributed by atoms with Crippen molar-refractivity contribution in [3.05, 3.63) is 29.3 Å². The number of terminal acetylenes is 1. The van der Waals surface area contributed by atoms with Gasteiger partial charge in [0.15, 0.2) is 0 Å². The standard InChI is InChI=1S/C12H14N2/c1-2-7-14-12-6-4-9-3-5-10(13)8-11(9)12/h1,3,5,8,12,14H,4,6-7,13H2/t12-/m0/s1. The van der Waals surface area contributed by atoms with E-state index in [0.29, 0.717) is 12.6 Å². The average Bonchev–Trinajstić information content (AvgIpc) is 2.57. The summed E-state index contributed by atoms with van der Waals surface area (Å²) in [6.45, 7) is 0.624. The molecular formula is C12H14N2. The number of hydrogen-bond donors (Lipinski definition) is 2. The van der Waals surface area contributed by atoms with Gasteiger partial charge in [0, 0.05) is 11.7 Å². The highest BCUT2D eigenvalue weighted by molar-refractivity contribution is 5.47. The number of nitrogens with one attached hydrogen (secondary N) is 1. The number of rotatable bonds is 2. The molecule has 0 bridgehead atoms. The number of benzene rings is 1. The van der Waals surface area contributed by atoms with Gasteiger partial charge < -0.3 is 5.73 Å². The number of aryl methyl sites for hydroxylation is 1. The van der Waals surface area contributed by atoms with E-state index in [1.165, 1.54) is 11.1 Å². The Labute approximate surface area is 84.5 Å². The van der Waals surface area contributed by atoms with Crippen LogP contribution in [0.2, 0.25) is 0 Å². The van der Waals surface area contributed by atoms with Crippen molar-refractivity contribution in [2.45, 2.75) is 18.9 Å². The third-order valence-corrected chi connectivity index (χ3v) is 2.70. The number of anilines is 1. The van der Waals surface area contributed by atoms with E-state index in [9.17, 15) is 0 Å². The molecule has 0 saturated heterocycles. The SMILES string of the molecule is C#CCN[C@H]1CCc2ccc(N)cc21. The fourth-order valence-corrected chi connectivity index (χ4v) is 2.01. The van der Waals surface area contributed by atoms with Crippen LogP contribution in [-0.2, 0) is 6.42 Å². The zero-order chi connectivity index (χ0) is 9.97. The molecule has 1 aliphatic carbocycles. The summed E-state index contributed by atoms with van der Waals surface area (Å²) < 4.78 is 0. The normalized spacial score (nSPS) is 18.9. The quantitative estimate of drug-likeness (QED) is 0.542. The fraction of sp³-hybridized carbons (Fsp3) is 0.333. The second kappa shape index (κ2) is 3.73. The first-order valence-electron chi connectivity index (χ1n) is 4.86. The van der Waals surface area contributed by atoms with Gasteiger partial charge in [-0.1, -0.05) is 12.0 Å². The predicted molar refractivity (Wildman–Crippen MR) is 58.8 cm³/mol. The number of nitrogens with two attached hydrogens (primary N) is 1. The second-order valence-corrected chi connectivity index (χ2v) is 3.63. The van der Waals surface area contributed by atoms with Crippen molar-refractivity contribution >= 4 is 5.69 Å². The summed E-state index contributed by atoms with van der Waals surface area (Å²) in [4.78, 5) is 0. The first kappa shape index (κ1) is 9.11. The molecule has 2 heteroatoms. The first-order chi connectivity index (χ1) is 6.81. The summed E-state index contributed by atoms with van der Waals surface area (Å²) in [6.07, 6.45) is 7.47. The molecule has 0 amide bonds. The van der Waals surface area contributed by atoms with E-state index in [1.54, 1.807) is 0 Å². The van der Waals surface area contributed by atoms with Crippen molar-refractivity contribution in [2.24, 2.45) is 0 Å². The molecule has 3 N–H and O–H groups in total. The molecule has 0 spiro atoms. The predicted octanol–water partition coefficient (Wildman–Crippen LogP) is 1.48. The minimum absolute atomic E-state index is 0.393. The van der Waals surface area contributed by atoms with Crippen LogP contribution in [-0.4, -0.2) is 6.54 Å². The van der Waals surface area contributed by atoms with Crippen molar-refractivity contribution < 1.29 is 0 Å². The van der Waals surface area contributed by atoms with Gasteiger partial charge >= 0.3 is 0 Å². The van der Waals surface area contributed by atoms with E-state index in [-0.39, 0.29) is 0 Å². The summed E-state index contributed by atoms with van der Waals surface area (Å²) in [5.74, 6) is 2.60. The van der Waals surface area contributed by atoms with Gasteiger partial charge in [-0.25, -0.2) is 0 Å². The van der Waals surface area contributed by atoms with E-state index < -0.39 is 0 Å². The highest BCUT2D eigenvalue weighted by atomic mass is 14.9. The van der Waals surface area contributed by atoms with Gasteiger partial charge in [0.2, 0.25) is 0 Å². The molecule has 72 valence electrons. The van der Waals surface area contributed by atoms with Crippen LogP contribution in [0.25, 0.3) is 0 Å². The molecule has 2 rings (SSSR count). The Balaban J connectivity index is 2.21.